The molecular weight excluding hydrogens is 498 g/mol. The van der Waals surface area contributed by atoms with Crippen LogP contribution in [0.2, 0.25) is 5.02 Å². The molecule has 3 aromatic rings. The number of halogens is 1. The van der Waals surface area contributed by atoms with Crippen LogP contribution in [-0.2, 0) is 14.8 Å². The number of ether oxygens (including phenoxy) is 1. The summed E-state index contributed by atoms with van der Waals surface area (Å²) in [5, 5.41) is 0.663. The first-order chi connectivity index (χ1) is 17.2. The Labute approximate surface area is 217 Å². The Balaban J connectivity index is 1.58. The van der Waals surface area contributed by atoms with Gasteiger partial charge in [0.15, 0.2) is 0 Å². The molecular formula is C27H30ClN3O4S. The average molecular weight is 528 g/mol. The van der Waals surface area contributed by atoms with E-state index in [0.29, 0.717) is 36.9 Å². The van der Waals surface area contributed by atoms with Crippen molar-refractivity contribution in [3.05, 3.63) is 82.9 Å². The molecule has 4 rings (SSSR count). The second kappa shape index (κ2) is 10.8. The Hall–Kier alpha value is -3.23. The summed E-state index contributed by atoms with van der Waals surface area (Å²) in [5.74, 6) is -0.0168. The van der Waals surface area contributed by atoms with Crippen LogP contribution in [0, 0.1) is 13.8 Å². The highest BCUT2D eigenvalue weighted by Crippen LogP contribution is 2.31. The van der Waals surface area contributed by atoms with Gasteiger partial charge in [-0.15, -0.1) is 0 Å². The van der Waals surface area contributed by atoms with E-state index in [4.69, 9.17) is 16.3 Å². The molecule has 7 nitrogen and oxygen atoms in total. The lowest BCUT2D eigenvalue weighted by Gasteiger charge is -2.37. The fourth-order valence-electron chi connectivity index (χ4n) is 4.24. The SMILES string of the molecule is COc1ccc(C)cc1S(=O)(=O)N(CC(=O)N1CCN(c2cccc(Cl)c2)CC1)c1ccc(C)cc1. The topological polar surface area (TPSA) is 70.2 Å². The van der Waals surface area contributed by atoms with Crippen LogP contribution in [-0.4, -0.2) is 59.1 Å². The average Bonchev–Trinajstić information content (AvgIpc) is 2.88. The second-order valence-electron chi connectivity index (χ2n) is 8.85. The zero-order valence-electron chi connectivity index (χ0n) is 20.6. The summed E-state index contributed by atoms with van der Waals surface area (Å²) < 4.78 is 34.3. The van der Waals surface area contributed by atoms with Crippen LogP contribution in [0.3, 0.4) is 0 Å². The summed E-state index contributed by atoms with van der Waals surface area (Å²) in [5.41, 5.74) is 3.20. The maximum absolute atomic E-state index is 13.9. The largest absolute Gasteiger partial charge is 0.495 e. The number of sulfonamides is 1. The number of methoxy groups -OCH3 is 1. The third kappa shape index (κ3) is 5.60. The summed E-state index contributed by atoms with van der Waals surface area (Å²) >= 11 is 6.13. The van der Waals surface area contributed by atoms with Gasteiger partial charge >= 0.3 is 0 Å². The van der Waals surface area contributed by atoms with Crippen LogP contribution >= 0.6 is 11.6 Å². The summed E-state index contributed by atoms with van der Waals surface area (Å²) in [6, 6.07) is 19.7. The van der Waals surface area contributed by atoms with Gasteiger partial charge in [0.05, 0.1) is 12.8 Å². The molecule has 0 N–H and O–H groups in total. The minimum Gasteiger partial charge on any atom is -0.495 e. The fourth-order valence-corrected chi connectivity index (χ4v) is 6.08. The normalized spacial score (nSPS) is 14.0. The number of rotatable bonds is 7. The molecule has 0 aromatic heterocycles. The van der Waals surface area contributed by atoms with Crippen molar-refractivity contribution < 1.29 is 17.9 Å². The molecule has 0 bridgehead atoms. The first-order valence-electron chi connectivity index (χ1n) is 11.7. The molecule has 0 saturated carbocycles. The quantitative estimate of drug-likeness (QED) is 0.452. The summed E-state index contributed by atoms with van der Waals surface area (Å²) in [7, 11) is -2.65. The number of hydrogen-bond acceptors (Lipinski definition) is 5. The molecule has 1 amide bonds. The van der Waals surface area contributed by atoms with Gasteiger partial charge in [0.1, 0.15) is 17.2 Å². The lowest BCUT2D eigenvalue weighted by Crippen LogP contribution is -2.52. The molecule has 0 unspecified atom stereocenters. The third-order valence-electron chi connectivity index (χ3n) is 6.29. The van der Waals surface area contributed by atoms with E-state index in [1.165, 1.54) is 11.4 Å². The Morgan fingerprint density at radius 1 is 0.944 bits per heavy atom. The Morgan fingerprint density at radius 3 is 2.25 bits per heavy atom. The molecule has 9 heteroatoms. The third-order valence-corrected chi connectivity index (χ3v) is 8.32. The maximum atomic E-state index is 13.9. The molecule has 1 saturated heterocycles. The van der Waals surface area contributed by atoms with Crippen LogP contribution in [0.4, 0.5) is 11.4 Å². The van der Waals surface area contributed by atoms with Crippen LogP contribution in [0.1, 0.15) is 11.1 Å². The van der Waals surface area contributed by atoms with Crippen LogP contribution < -0.4 is 13.9 Å². The summed E-state index contributed by atoms with van der Waals surface area (Å²) in [6.07, 6.45) is 0. The predicted octanol–water partition coefficient (Wildman–Crippen LogP) is 4.51. The molecule has 0 aliphatic carbocycles. The van der Waals surface area contributed by atoms with Crippen molar-refractivity contribution in [3.8, 4) is 5.75 Å². The smallest absolute Gasteiger partial charge is 0.268 e. The number of nitrogens with zero attached hydrogens (tertiary/aromatic N) is 3. The Bertz CT molecular complexity index is 1340. The minimum atomic E-state index is -4.09. The van der Waals surface area contributed by atoms with Crippen molar-refractivity contribution in [1.82, 2.24) is 4.90 Å². The van der Waals surface area contributed by atoms with Crippen LogP contribution in [0.15, 0.2) is 71.6 Å². The van der Waals surface area contributed by atoms with Gasteiger partial charge in [-0.05, 0) is 61.9 Å². The molecule has 3 aromatic carbocycles. The number of aryl methyl sites for hydroxylation is 2. The van der Waals surface area contributed by atoms with E-state index in [1.807, 2.05) is 50.2 Å². The zero-order valence-corrected chi connectivity index (χ0v) is 22.2. The lowest BCUT2D eigenvalue weighted by molar-refractivity contribution is -0.129. The number of amides is 1. The molecule has 1 heterocycles. The van der Waals surface area contributed by atoms with Gasteiger partial charge in [-0.25, -0.2) is 8.42 Å². The van der Waals surface area contributed by atoms with Gasteiger partial charge in [0.25, 0.3) is 10.0 Å². The van der Waals surface area contributed by atoms with Gasteiger partial charge in [0, 0.05) is 36.9 Å². The van der Waals surface area contributed by atoms with E-state index in [-0.39, 0.29) is 23.1 Å². The molecule has 0 radical (unpaired) electrons. The fraction of sp³-hybridized carbons (Fsp3) is 0.296. The Morgan fingerprint density at radius 2 is 1.61 bits per heavy atom. The number of carbonyl (C=O) groups is 1. The number of hydrogen-bond donors (Lipinski definition) is 0. The number of piperazine rings is 1. The van der Waals surface area contributed by atoms with Crippen molar-refractivity contribution in [1.29, 1.82) is 0 Å². The monoisotopic (exact) mass is 527 g/mol. The van der Waals surface area contributed by atoms with E-state index in [0.717, 1.165) is 16.8 Å². The number of carbonyl (C=O) groups excluding carboxylic acids is 1. The van der Waals surface area contributed by atoms with Crippen molar-refractivity contribution in [3.63, 3.8) is 0 Å². The van der Waals surface area contributed by atoms with Gasteiger partial charge in [-0.2, -0.15) is 0 Å². The highest BCUT2D eigenvalue weighted by Gasteiger charge is 2.32. The van der Waals surface area contributed by atoms with Crippen LogP contribution in [0.25, 0.3) is 0 Å². The molecule has 1 aliphatic rings. The van der Waals surface area contributed by atoms with E-state index < -0.39 is 10.0 Å². The molecule has 190 valence electrons. The second-order valence-corrected chi connectivity index (χ2v) is 11.1. The van der Waals surface area contributed by atoms with Crippen LogP contribution in [0.5, 0.6) is 5.75 Å². The van der Waals surface area contributed by atoms with Gasteiger partial charge in [-0.3, -0.25) is 9.10 Å². The standard InChI is InChI=1S/C27H30ClN3O4S/c1-20-7-10-23(11-8-20)31(36(33,34)26-17-21(2)9-12-25(26)35-3)19-27(32)30-15-13-29(14-16-30)24-6-4-5-22(28)18-24/h4-12,17-18H,13-16,19H2,1-3H3. The van der Waals surface area contributed by atoms with E-state index >= 15 is 0 Å². The maximum Gasteiger partial charge on any atom is 0.268 e. The lowest BCUT2D eigenvalue weighted by atomic mass is 10.2. The predicted molar refractivity (Wildman–Crippen MR) is 144 cm³/mol. The minimum absolute atomic E-state index is 0.0316. The van der Waals surface area contributed by atoms with Crippen molar-refractivity contribution >= 4 is 38.9 Å². The Kier molecular flexibility index (Phi) is 7.76. The molecule has 36 heavy (non-hydrogen) atoms. The first-order valence-corrected chi connectivity index (χ1v) is 13.5. The molecule has 1 fully saturated rings. The van der Waals surface area contributed by atoms with E-state index in [2.05, 4.69) is 4.90 Å². The van der Waals surface area contributed by atoms with Crippen molar-refractivity contribution in [2.24, 2.45) is 0 Å². The zero-order chi connectivity index (χ0) is 25.9. The van der Waals surface area contributed by atoms with E-state index in [9.17, 15) is 13.2 Å². The first kappa shape index (κ1) is 25.9. The summed E-state index contributed by atoms with van der Waals surface area (Å²) in [6.45, 7) is 5.68. The highest BCUT2D eigenvalue weighted by atomic mass is 35.5. The summed E-state index contributed by atoms with van der Waals surface area (Å²) in [4.78, 5) is 17.3. The van der Waals surface area contributed by atoms with Crippen molar-refractivity contribution in [2.45, 2.75) is 18.7 Å². The number of benzene rings is 3. The van der Waals surface area contributed by atoms with Gasteiger partial charge in [0.2, 0.25) is 5.91 Å². The van der Waals surface area contributed by atoms with Gasteiger partial charge < -0.3 is 14.5 Å². The van der Waals surface area contributed by atoms with Crippen molar-refractivity contribution in [2.75, 3.05) is 49.0 Å². The molecule has 1 aliphatic heterocycles. The van der Waals surface area contributed by atoms with E-state index in [1.54, 1.807) is 35.2 Å². The molecule has 0 spiro atoms. The molecule has 0 atom stereocenters. The van der Waals surface area contributed by atoms with Gasteiger partial charge in [-0.1, -0.05) is 41.4 Å². The number of anilines is 2. The highest BCUT2D eigenvalue weighted by molar-refractivity contribution is 7.93.